The van der Waals surface area contributed by atoms with Crippen molar-refractivity contribution in [2.24, 2.45) is 0 Å². The number of methoxy groups -OCH3 is 3. The second-order valence-electron chi connectivity index (χ2n) is 8.08. The van der Waals surface area contributed by atoms with Gasteiger partial charge in [-0.2, -0.15) is 4.52 Å². The second kappa shape index (κ2) is 9.53. The highest BCUT2D eigenvalue weighted by atomic mass is 32.2. The van der Waals surface area contributed by atoms with Gasteiger partial charge in [0.25, 0.3) is 0 Å². The number of hydrogen-bond donors (Lipinski definition) is 1. The van der Waals surface area contributed by atoms with Crippen molar-refractivity contribution in [2.45, 2.75) is 25.1 Å². The number of anilines is 1. The molecule has 2 aromatic carbocycles. The minimum absolute atomic E-state index is 0.0440. The average molecular weight is 504 g/mol. The van der Waals surface area contributed by atoms with Crippen molar-refractivity contribution < 1.29 is 27.0 Å². The van der Waals surface area contributed by atoms with Crippen LogP contribution in [0.1, 0.15) is 18.3 Å². The number of fused-ring (bicyclic) bond motifs is 3. The lowest BCUT2D eigenvalue weighted by Crippen LogP contribution is -2.19. The van der Waals surface area contributed by atoms with Gasteiger partial charge in [-0.05, 0) is 25.1 Å². The average Bonchev–Trinajstić information content (AvgIpc) is 3.25. The lowest BCUT2D eigenvalue weighted by Gasteiger charge is -2.13. The van der Waals surface area contributed by atoms with Crippen molar-refractivity contribution in [1.29, 1.82) is 0 Å². The van der Waals surface area contributed by atoms with Gasteiger partial charge in [0.15, 0.2) is 23.0 Å². The van der Waals surface area contributed by atoms with E-state index >= 15 is 0 Å². The molecule has 10 nitrogen and oxygen atoms in total. The maximum absolute atomic E-state index is 14.5. The summed E-state index contributed by atoms with van der Waals surface area (Å²) in [5.41, 5.74) is 1.62. The Bertz CT molecular complexity index is 1510. The molecule has 12 heteroatoms. The third kappa shape index (κ3) is 4.92. The maximum Gasteiger partial charge on any atom is 0.226 e. The Labute approximate surface area is 202 Å². The van der Waals surface area contributed by atoms with Crippen LogP contribution in [0.25, 0.3) is 16.6 Å². The lowest BCUT2D eigenvalue weighted by atomic mass is 10.2. The molecule has 0 amide bonds. The molecule has 1 atom stereocenters. The third-order valence-corrected chi connectivity index (χ3v) is 7.35. The first-order valence-electron chi connectivity index (χ1n) is 10.7. The standard InChI is InChI=1S/C23H26FN5O5S/c1-13(35(5,30)31)8-21-27-22-16-10-17(24)20(34-4)11-18(16)26-23(29(22)28-21)25-12-14-6-7-15(32-2)9-19(14)33-3/h6-7,9-11,13H,8,12H2,1-5H3,(H,25,26)/t13-/m1/s1. The van der Waals surface area contributed by atoms with Crippen molar-refractivity contribution in [3.8, 4) is 17.2 Å². The lowest BCUT2D eigenvalue weighted by molar-refractivity contribution is 0.387. The fourth-order valence-electron chi connectivity index (χ4n) is 3.59. The van der Waals surface area contributed by atoms with Crippen LogP contribution in [-0.4, -0.2) is 60.8 Å². The summed E-state index contributed by atoms with van der Waals surface area (Å²) in [6, 6.07) is 8.22. The summed E-state index contributed by atoms with van der Waals surface area (Å²) in [6.45, 7) is 1.92. The largest absolute Gasteiger partial charge is 0.497 e. The molecule has 0 bridgehead atoms. The van der Waals surface area contributed by atoms with Gasteiger partial charge in [0.2, 0.25) is 5.95 Å². The van der Waals surface area contributed by atoms with Crippen LogP contribution in [0.2, 0.25) is 0 Å². The van der Waals surface area contributed by atoms with Gasteiger partial charge in [-0.15, -0.1) is 5.10 Å². The summed E-state index contributed by atoms with van der Waals surface area (Å²) in [7, 11) is 1.23. The van der Waals surface area contributed by atoms with Gasteiger partial charge in [0.1, 0.15) is 21.3 Å². The molecule has 0 aliphatic rings. The predicted molar refractivity (Wildman–Crippen MR) is 130 cm³/mol. The first-order chi connectivity index (χ1) is 16.6. The molecule has 0 fully saturated rings. The Hall–Kier alpha value is -3.67. The van der Waals surface area contributed by atoms with E-state index in [2.05, 4.69) is 20.4 Å². The van der Waals surface area contributed by atoms with Crippen molar-refractivity contribution in [2.75, 3.05) is 32.9 Å². The van der Waals surface area contributed by atoms with Crippen molar-refractivity contribution >= 4 is 32.3 Å². The summed E-state index contributed by atoms with van der Waals surface area (Å²) in [5, 5.41) is 7.45. The number of nitrogens with zero attached hydrogens (tertiary/aromatic N) is 4. The van der Waals surface area contributed by atoms with E-state index in [1.807, 2.05) is 12.1 Å². The number of benzene rings is 2. The highest BCUT2D eigenvalue weighted by Crippen LogP contribution is 2.29. The van der Waals surface area contributed by atoms with Gasteiger partial charge < -0.3 is 19.5 Å². The molecule has 0 saturated carbocycles. The number of rotatable bonds is 9. The van der Waals surface area contributed by atoms with Crippen LogP contribution in [0.15, 0.2) is 30.3 Å². The molecule has 1 N–H and O–H groups in total. The third-order valence-electron chi connectivity index (χ3n) is 5.72. The highest BCUT2D eigenvalue weighted by Gasteiger charge is 2.21. The topological polar surface area (TPSA) is 117 Å². The van der Waals surface area contributed by atoms with Crippen molar-refractivity contribution in [3.05, 3.63) is 47.5 Å². The van der Waals surface area contributed by atoms with E-state index < -0.39 is 20.9 Å². The first-order valence-corrected chi connectivity index (χ1v) is 12.7. The molecule has 0 saturated heterocycles. The zero-order valence-electron chi connectivity index (χ0n) is 20.0. The van der Waals surface area contributed by atoms with E-state index in [0.29, 0.717) is 46.4 Å². The van der Waals surface area contributed by atoms with Gasteiger partial charge in [-0.1, -0.05) is 0 Å². The quantitative estimate of drug-likeness (QED) is 0.368. The molecule has 0 spiro atoms. The van der Waals surface area contributed by atoms with Gasteiger partial charge in [0, 0.05) is 42.3 Å². The van der Waals surface area contributed by atoms with Crippen LogP contribution >= 0.6 is 0 Å². The Morgan fingerprint density at radius 3 is 2.46 bits per heavy atom. The van der Waals surface area contributed by atoms with Crippen LogP contribution in [0, 0.1) is 5.82 Å². The van der Waals surface area contributed by atoms with E-state index in [4.69, 9.17) is 14.2 Å². The first kappa shape index (κ1) is 24.5. The number of halogens is 1. The van der Waals surface area contributed by atoms with Crippen LogP contribution in [0.5, 0.6) is 17.2 Å². The number of ether oxygens (including phenoxy) is 3. The van der Waals surface area contributed by atoms with Gasteiger partial charge in [-0.25, -0.2) is 22.8 Å². The Morgan fingerprint density at radius 1 is 1.06 bits per heavy atom. The number of nitrogens with one attached hydrogen (secondary N) is 1. The highest BCUT2D eigenvalue weighted by molar-refractivity contribution is 7.91. The summed E-state index contributed by atoms with van der Waals surface area (Å²) >= 11 is 0. The summed E-state index contributed by atoms with van der Waals surface area (Å²) in [5.74, 6) is 1.40. The van der Waals surface area contributed by atoms with Gasteiger partial charge in [0.05, 0.1) is 32.1 Å². The predicted octanol–water partition coefficient (Wildman–Crippen LogP) is 3.03. The molecule has 0 radical (unpaired) electrons. The summed E-state index contributed by atoms with van der Waals surface area (Å²) < 4.78 is 55.7. The van der Waals surface area contributed by atoms with Crippen molar-refractivity contribution in [3.63, 3.8) is 0 Å². The van der Waals surface area contributed by atoms with E-state index in [1.54, 1.807) is 27.2 Å². The van der Waals surface area contributed by atoms with Crippen LogP contribution in [-0.2, 0) is 22.8 Å². The smallest absolute Gasteiger partial charge is 0.226 e. The normalized spacial score (nSPS) is 12.6. The van der Waals surface area contributed by atoms with Crippen LogP contribution < -0.4 is 19.5 Å². The molecule has 0 aliphatic heterocycles. The molecule has 4 rings (SSSR count). The monoisotopic (exact) mass is 503 g/mol. The second-order valence-corrected chi connectivity index (χ2v) is 10.5. The van der Waals surface area contributed by atoms with E-state index in [1.165, 1.54) is 30.0 Å². The Kier molecular flexibility index (Phi) is 6.66. The van der Waals surface area contributed by atoms with Gasteiger partial charge >= 0.3 is 0 Å². The van der Waals surface area contributed by atoms with Crippen molar-refractivity contribution in [1.82, 2.24) is 19.6 Å². The van der Waals surface area contributed by atoms with Crippen LogP contribution in [0.3, 0.4) is 0 Å². The zero-order chi connectivity index (χ0) is 25.3. The molecule has 186 valence electrons. The van der Waals surface area contributed by atoms with Crippen LogP contribution in [0.4, 0.5) is 10.3 Å². The zero-order valence-corrected chi connectivity index (χ0v) is 20.8. The number of hydrogen-bond acceptors (Lipinski definition) is 9. The maximum atomic E-state index is 14.5. The molecule has 4 aromatic rings. The molecular weight excluding hydrogens is 477 g/mol. The van der Waals surface area contributed by atoms with E-state index in [-0.39, 0.29) is 12.2 Å². The molecule has 2 heterocycles. The van der Waals surface area contributed by atoms with E-state index in [9.17, 15) is 12.8 Å². The summed E-state index contributed by atoms with van der Waals surface area (Å²) in [4.78, 5) is 9.14. The fourth-order valence-corrected chi connectivity index (χ4v) is 4.04. The van der Waals surface area contributed by atoms with Gasteiger partial charge in [-0.3, -0.25) is 0 Å². The fraction of sp³-hybridized carbons (Fsp3) is 0.348. The van der Waals surface area contributed by atoms with E-state index in [0.717, 1.165) is 5.56 Å². The SMILES string of the molecule is COc1ccc(CNc2nc3cc(OC)c(F)cc3c3nc(C[C@@H](C)S(C)(=O)=O)nn23)c(OC)c1. The minimum atomic E-state index is -3.29. The Balaban J connectivity index is 1.80. The molecular formula is C23H26FN5O5S. The minimum Gasteiger partial charge on any atom is -0.497 e. The molecule has 2 aromatic heterocycles. The number of aromatic nitrogens is 4. The summed E-state index contributed by atoms with van der Waals surface area (Å²) in [6.07, 6.45) is 1.27. The molecule has 35 heavy (non-hydrogen) atoms. The molecule has 0 aliphatic carbocycles. The Morgan fingerprint density at radius 2 is 1.80 bits per heavy atom. The number of sulfone groups is 1. The molecule has 0 unspecified atom stereocenters.